The minimum absolute atomic E-state index is 0.0442. The Morgan fingerprint density at radius 3 is 2.75 bits per heavy atom. The Bertz CT molecular complexity index is 732. The van der Waals surface area contributed by atoms with E-state index in [1.165, 1.54) is 0 Å². The van der Waals surface area contributed by atoms with Crippen molar-refractivity contribution in [2.75, 3.05) is 26.7 Å². The van der Waals surface area contributed by atoms with Crippen LogP contribution in [0.5, 0.6) is 0 Å². The van der Waals surface area contributed by atoms with Gasteiger partial charge in [-0.3, -0.25) is 4.79 Å². The van der Waals surface area contributed by atoms with Gasteiger partial charge in [0.15, 0.2) is 5.65 Å². The lowest BCUT2D eigenvalue weighted by molar-refractivity contribution is -0.128. The Labute approximate surface area is 142 Å². The number of hydrogen-bond donors (Lipinski definition) is 1. The fraction of sp³-hybridized carbons (Fsp3) is 0.647. The van der Waals surface area contributed by atoms with Gasteiger partial charge in [-0.1, -0.05) is 20.8 Å². The van der Waals surface area contributed by atoms with Crippen molar-refractivity contribution in [1.29, 1.82) is 0 Å². The van der Waals surface area contributed by atoms with Gasteiger partial charge in [0.05, 0.1) is 12.2 Å². The summed E-state index contributed by atoms with van der Waals surface area (Å²) in [5, 5.41) is 7.74. The maximum Gasteiger partial charge on any atom is 0.225 e. The van der Waals surface area contributed by atoms with Crippen LogP contribution in [0.4, 0.5) is 0 Å². The summed E-state index contributed by atoms with van der Waals surface area (Å²) in [7, 11) is 2.13. The maximum absolute atomic E-state index is 12.0. The number of carbonyl (C=O) groups excluding carboxylic acids is 1. The quantitative estimate of drug-likeness (QED) is 0.917. The number of nitrogens with one attached hydrogen (secondary N) is 1. The number of rotatable bonds is 4. The molecule has 1 atom stereocenters. The first-order chi connectivity index (χ1) is 11.4. The van der Waals surface area contributed by atoms with E-state index in [1.54, 1.807) is 12.4 Å². The van der Waals surface area contributed by atoms with Gasteiger partial charge in [-0.2, -0.15) is 5.10 Å². The number of hydrogen-bond acceptors (Lipinski definition) is 5. The van der Waals surface area contributed by atoms with E-state index in [-0.39, 0.29) is 11.3 Å². The minimum Gasteiger partial charge on any atom is -0.354 e. The number of aromatic nitrogens is 4. The van der Waals surface area contributed by atoms with E-state index in [2.05, 4.69) is 27.2 Å². The second-order valence-corrected chi connectivity index (χ2v) is 7.59. The van der Waals surface area contributed by atoms with E-state index in [0.717, 1.165) is 36.4 Å². The molecule has 24 heavy (non-hydrogen) atoms. The van der Waals surface area contributed by atoms with Crippen LogP contribution in [0, 0.1) is 5.41 Å². The van der Waals surface area contributed by atoms with Crippen molar-refractivity contribution in [2.45, 2.75) is 39.7 Å². The molecule has 1 saturated heterocycles. The third kappa shape index (κ3) is 3.40. The summed E-state index contributed by atoms with van der Waals surface area (Å²) >= 11 is 0. The molecular weight excluding hydrogens is 304 g/mol. The second kappa shape index (κ2) is 6.47. The molecule has 3 rings (SSSR count). The molecule has 0 spiro atoms. The lowest BCUT2D eigenvalue weighted by Gasteiger charge is -2.17. The highest BCUT2D eigenvalue weighted by atomic mass is 16.2. The molecular formula is C17H26N6O. The maximum atomic E-state index is 12.0. The average Bonchev–Trinajstić information content (AvgIpc) is 3.10. The fourth-order valence-corrected chi connectivity index (χ4v) is 3.05. The molecule has 0 radical (unpaired) electrons. The Kier molecular flexibility index (Phi) is 4.54. The molecule has 1 N–H and O–H groups in total. The summed E-state index contributed by atoms with van der Waals surface area (Å²) in [6.07, 6.45) is 4.51. The van der Waals surface area contributed by atoms with Gasteiger partial charge in [-0.15, -0.1) is 0 Å². The van der Waals surface area contributed by atoms with Crippen LogP contribution < -0.4 is 5.32 Å². The summed E-state index contributed by atoms with van der Waals surface area (Å²) in [5.41, 5.74) is 2.34. The van der Waals surface area contributed by atoms with Crippen molar-refractivity contribution in [3.05, 3.63) is 18.1 Å². The van der Waals surface area contributed by atoms with Crippen LogP contribution in [-0.2, 0) is 11.3 Å². The Balaban J connectivity index is 1.77. The van der Waals surface area contributed by atoms with Crippen molar-refractivity contribution in [2.24, 2.45) is 5.41 Å². The Morgan fingerprint density at radius 2 is 2.08 bits per heavy atom. The number of carbonyl (C=O) groups is 1. The van der Waals surface area contributed by atoms with Crippen molar-refractivity contribution < 1.29 is 4.79 Å². The number of amides is 1. The van der Waals surface area contributed by atoms with Crippen LogP contribution in [0.1, 0.15) is 38.8 Å². The van der Waals surface area contributed by atoms with E-state index in [4.69, 9.17) is 5.10 Å². The van der Waals surface area contributed by atoms with E-state index >= 15 is 0 Å². The van der Waals surface area contributed by atoms with Crippen LogP contribution in [-0.4, -0.2) is 57.2 Å². The topological polar surface area (TPSA) is 75.9 Å². The highest BCUT2D eigenvalue weighted by Gasteiger charge is 2.27. The van der Waals surface area contributed by atoms with Gasteiger partial charge >= 0.3 is 0 Å². The highest BCUT2D eigenvalue weighted by Crippen LogP contribution is 2.29. The van der Waals surface area contributed by atoms with Gasteiger partial charge in [0.2, 0.25) is 5.91 Å². The summed E-state index contributed by atoms with van der Waals surface area (Å²) in [5.74, 6) is 0.447. The average molecular weight is 330 g/mol. The standard InChI is InChI=1S/C17H26N6O/c1-17(2,3)16(24)20-8-10-23-15-14(18-6-7-19-15)13(21-23)12-5-9-22(4)11-12/h6-7,12H,5,8-11H2,1-4H3,(H,20,24)/t12-/m0/s1. The monoisotopic (exact) mass is 330 g/mol. The zero-order valence-electron chi connectivity index (χ0n) is 14.9. The zero-order chi connectivity index (χ0) is 17.3. The molecule has 0 aliphatic carbocycles. The molecule has 1 aliphatic heterocycles. The van der Waals surface area contributed by atoms with Crippen molar-refractivity contribution in [3.8, 4) is 0 Å². The predicted molar refractivity (Wildman–Crippen MR) is 92.6 cm³/mol. The van der Waals surface area contributed by atoms with E-state index in [9.17, 15) is 4.79 Å². The Hall–Kier alpha value is -2.02. The minimum atomic E-state index is -0.383. The molecule has 0 unspecified atom stereocenters. The normalized spacial score (nSPS) is 19.1. The highest BCUT2D eigenvalue weighted by molar-refractivity contribution is 5.81. The molecule has 2 aromatic rings. The van der Waals surface area contributed by atoms with E-state index in [0.29, 0.717) is 19.0 Å². The molecule has 0 aromatic carbocycles. The van der Waals surface area contributed by atoms with Gasteiger partial charge in [0.1, 0.15) is 5.52 Å². The van der Waals surface area contributed by atoms with E-state index in [1.807, 2.05) is 25.5 Å². The number of likely N-dealkylation sites (N-methyl/N-ethyl adjacent to an activating group) is 1. The summed E-state index contributed by atoms with van der Waals surface area (Å²) < 4.78 is 1.87. The zero-order valence-corrected chi connectivity index (χ0v) is 14.9. The predicted octanol–water partition coefficient (Wildman–Crippen LogP) is 1.41. The van der Waals surface area contributed by atoms with Crippen LogP contribution in [0.25, 0.3) is 11.2 Å². The van der Waals surface area contributed by atoms with Gasteiger partial charge in [0, 0.05) is 36.8 Å². The molecule has 0 saturated carbocycles. The molecule has 1 amide bonds. The molecule has 0 bridgehead atoms. The van der Waals surface area contributed by atoms with Crippen molar-refractivity contribution >= 4 is 17.1 Å². The molecule has 7 nitrogen and oxygen atoms in total. The number of likely N-dealkylation sites (tertiary alicyclic amines) is 1. The first kappa shape index (κ1) is 16.8. The molecule has 1 aliphatic rings. The SMILES string of the molecule is CN1CC[C@H](c2nn(CCNC(=O)C(C)(C)C)c3nccnc23)C1. The summed E-state index contributed by atoms with van der Waals surface area (Å²) in [6, 6.07) is 0. The smallest absolute Gasteiger partial charge is 0.225 e. The first-order valence-corrected chi connectivity index (χ1v) is 8.50. The summed E-state index contributed by atoms with van der Waals surface area (Å²) in [6.45, 7) is 8.95. The van der Waals surface area contributed by atoms with Gasteiger partial charge in [-0.25, -0.2) is 14.6 Å². The number of nitrogens with zero attached hydrogens (tertiary/aromatic N) is 5. The third-order valence-corrected chi connectivity index (χ3v) is 4.46. The largest absolute Gasteiger partial charge is 0.354 e. The van der Waals surface area contributed by atoms with Crippen molar-refractivity contribution in [1.82, 2.24) is 30.0 Å². The Morgan fingerprint density at radius 1 is 1.33 bits per heavy atom. The molecule has 2 aromatic heterocycles. The molecule has 130 valence electrons. The third-order valence-electron chi connectivity index (χ3n) is 4.46. The fourth-order valence-electron chi connectivity index (χ4n) is 3.05. The van der Waals surface area contributed by atoms with Crippen LogP contribution in [0.2, 0.25) is 0 Å². The number of fused-ring (bicyclic) bond motifs is 1. The van der Waals surface area contributed by atoms with Gasteiger partial charge in [-0.05, 0) is 20.0 Å². The summed E-state index contributed by atoms with van der Waals surface area (Å²) in [4.78, 5) is 23.3. The van der Waals surface area contributed by atoms with Crippen LogP contribution in [0.15, 0.2) is 12.4 Å². The van der Waals surface area contributed by atoms with Crippen LogP contribution in [0.3, 0.4) is 0 Å². The molecule has 1 fully saturated rings. The van der Waals surface area contributed by atoms with Gasteiger partial charge in [0.25, 0.3) is 0 Å². The molecule has 3 heterocycles. The van der Waals surface area contributed by atoms with E-state index < -0.39 is 0 Å². The van der Waals surface area contributed by atoms with Crippen molar-refractivity contribution in [3.63, 3.8) is 0 Å². The first-order valence-electron chi connectivity index (χ1n) is 8.50. The second-order valence-electron chi connectivity index (χ2n) is 7.59. The lowest BCUT2D eigenvalue weighted by atomic mass is 9.96. The molecule has 7 heteroatoms. The van der Waals surface area contributed by atoms with Gasteiger partial charge < -0.3 is 10.2 Å². The van der Waals surface area contributed by atoms with Crippen LogP contribution >= 0.6 is 0 Å². The lowest BCUT2D eigenvalue weighted by Crippen LogP contribution is -2.36.